The molecule has 0 spiro atoms. The van der Waals surface area contributed by atoms with Crippen LogP contribution in [0.25, 0.3) is 0 Å². The van der Waals surface area contributed by atoms with Crippen molar-refractivity contribution in [3.8, 4) is 0 Å². The Bertz CT molecular complexity index is 4630. The standard InChI is InChI=1S/C24H29FN2O.C24H30N2O.C22H22N2O.C20H16Cl2N2O/c1-3-18-14-27(21-7-5-4-6-19(21)9-20(18)26-2)22(28)23-10-16-8-17(11-23)13-24(25,12-16)15-23;1-3-19-15-26(22-7-5-4-6-20(22)11-21(19)25-2)23(27)24-12-16-8-17(13-24)10-18(9-16)14-24;1-15-8-9-18(12-16(15)2)22(25)24-14-19-10-11-23(3)21(19)13-17-6-4-5-7-20(17)24;1-23-9-8-15-12-24(18-5-3-2-4-13(18)11-19(15)23)20(25)14-6-7-16(21)17(22)10-14/h3-7,16-17,26H,1,8-15H2,2H3;3-7,16-18,25H,1,8-15H2,2H3;4-12H,13-14H2,1-3H3;2-10H,11-12H2,1H3. The number of carbonyl (C=O) groups excluding carboxylic acids is 4. The number of halogens is 3. The maximum Gasteiger partial charge on any atom is 0.258 e. The Morgan fingerprint density at radius 2 is 0.838 bits per heavy atom. The van der Waals surface area contributed by atoms with Gasteiger partial charge < -0.3 is 39.4 Å². The van der Waals surface area contributed by atoms with Crippen LogP contribution in [0.2, 0.25) is 10.0 Å². The number of nitrogens with one attached hydrogen (secondary N) is 2. The van der Waals surface area contributed by atoms with Crippen LogP contribution in [0.5, 0.6) is 0 Å². The van der Waals surface area contributed by atoms with Gasteiger partial charge in [-0.1, -0.05) is 127 Å². The molecule has 2 atom stereocenters. The van der Waals surface area contributed by atoms with Crippen LogP contribution >= 0.6 is 23.2 Å². The minimum absolute atomic E-state index is 0.0623. The molecule has 2 unspecified atom stereocenters. The summed E-state index contributed by atoms with van der Waals surface area (Å²) < 4.78 is 19.8. The van der Waals surface area contributed by atoms with Gasteiger partial charge >= 0.3 is 0 Å². The fourth-order valence-corrected chi connectivity index (χ4v) is 20.9. The first kappa shape index (κ1) is 71.4. The van der Waals surface area contributed by atoms with Gasteiger partial charge in [-0.2, -0.15) is 0 Å². The van der Waals surface area contributed by atoms with Gasteiger partial charge in [-0.15, -0.1) is 0 Å². The molecule has 8 fully saturated rings. The van der Waals surface area contributed by atoms with Gasteiger partial charge in [0.05, 0.1) is 47.1 Å². The van der Waals surface area contributed by atoms with Gasteiger partial charge in [0.25, 0.3) is 11.8 Å². The molecular formula is C90H97Cl2FN8O4. The molecule has 15 heteroatoms. The fraction of sp³-hybridized carbons (Fsp3) is 0.378. The fourth-order valence-electron chi connectivity index (χ4n) is 20.6. The number of alkyl halides is 1. The number of aryl methyl sites for hydroxylation is 4. The molecule has 8 bridgehead atoms. The number of allylic oxidation sites excluding steroid dienone is 2. The number of benzene rings is 6. The van der Waals surface area contributed by atoms with Gasteiger partial charge in [0.2, 0.25) is 11.8 Å². The number of hydrogen-bond acceptors (Lipinski definition) is 6. The maximum absolute atomic E-state index is 15.5. The Morgan fingerprint density at radius 1 is 0.448 bits per heavy atom. The molecule has 2 N–H and O–H groups in total. The maximum atomic E-state index is 15.5. The highest BCUT2D eigenvalue weighted by molar-refractivity contribution is 6.42. The number of carbonyl (C=O) groups is 4. The lowest BCUT2D eigenvalue weighted by atomic mass is 9.48. The van der Waals surface area contributed by atoms with E-state index in [0.29, 0.717) is 78.8 Å². The van der Waals surface area contributed by atoms with Crippen LogP contribution in [0.1, 0.15) is 154 Å². The summed E-state index contributed by atoms with van der Waals surface area (Å²) in [6.45, 7) is 14.4. The largest absolute Gasteiger partial charge is 0.391 e. The molecule has 20 rings (SSSR count). The summed E-state index contributed by atoms with van der Waals surface area (Å²) in [5.41, 5.74) is 20.0. The highest BCUT2D eigenvalue weighted by atomic mass is 35.5. The SMILES string of the molecule is C=CC1=C(NC)Cc2ccccc2N(C(=O)C23CC4CC(CC(C4)C2)C3)C1.C=CC1=C(NC)Cc2ccccc2N(C(=O)C23CC4CC(CC(F)(C4)C2)C3)C1.Cc1ccc(C(=O)N2Cc3ccn(C)c3Cc3ccccc32)cc1C.Cn1ccc2c1Cc1ccccc1N(C(=O)c1ccc(Cl)c(Cl)c1)C2. The van der Waals surface area contributed by atoms with Crippen molar-refractivity contribution >= 4 is 69.6 Å². The first-order chi connectivity index (χ1) is 50.6. The molecule has 8 aromatic rings. The number of likely N-dealkylation sites (N-methyl/N-ethyl adjacent to an activating group) is 2. The molecule has 6 aromatic carbocycles. The van der Waals surface area contributed by atoms with Crippen LogP contribution in [0.15, 0.2) is 206 Å². The van der Waals surface area contributed by atoms with Gasteiger partial charge in [0.15, 0.2) is 0 Å². The summed E-state index contributed by atoms with van der Waals surface area (Å²) in [6, 6.07) is 48.0. The number of amides is 4. The Balaban J connectivity index is 0.000000113. The third-order valence-corrected chi connectivity index (χ3v) is 25.9. The first-order valence-corrected chi connectivity index (χ1v) is 38.5. The van der Waals surface area contributed by atoms with Gasteiger partial charge in [-0.3, -0.25) is 19.2 Å². The van der Waals surface area contributed by atoms with Crippen molar-refractivity contribution in [3.05, 3.63) is 283 Å². The molecule has 0 radical (unpaired) electrons. The molecule has 8 saturated carbocycles. The van der Waals surface area contributed by atoms with Crippen molar-refractivity contribution in [2.24, 2.45) is 54.5 Å². The van der Waals surface area contributed by atoms with E-state index in [9.17, 15) is 19.2 Å². The van der Waals surface area contributed by atoms with Crippen LogP contribution in [-0.2, 0) is 62.5 Å². The van der Waals surface area contributed by atoms with Gasteiger partial charge in [0, 0.05) is 123 Å². The zero-order chi connectivity index (χ0) is 73.2. The predicted octanol–water partition coefficient (Wildman–Crippen LogP) is 18.5. The summed E-state index contributed by atoms with van der Waals surface area (Å²) in [5.74, 6) is 3.59. The summed E-state index contributed by atoms with van der Waals surface area (Å²) in [5, 5.41) is 7.48. The number of fused-ring (bicyclic) bond motifs is 6. The predicted molar refractivity (Wildman–Crippen MR) is 422 cm³/mol. The zero-order valence-electron chi connectivity index (χ0n) is 61.6. The quantitative estimate of drug-likeness (QED) is 0.157. The van der Waals surface area contributed by atoms with E-state index in [0.717, 1.165) is 149 Å². The lowest BCUT2D eigenvalue weighted by molar-refractivity contribution is -0.158. The van der Waals surface area contributed by atoms with E-state index >= 15 is 4.39 Å². The van der Waals surface area contributed by atoms with Crippen LogP contribution in [0.4, 0.5) is 27.1 Å². The third-order valence-electron chi connectivity index (χ3n) is 25.2. The second-order valence-electron chi connectivity index (χ2n) is 32.0. The number of nitrogens with zero attached hydrogens (tertiary/aromatic N) is 6. The number of aromatic nitrogens is 2. The minimum atomic E-state index is -1.13. The molecule has 12 aliphatic rings. The third kappa shape index (κ3) is 13.7. The highest BCUT2D eigenvalue weighted by Gasteiger charge is 2.62. The van der Waals surface area contributed by atoms with Gasteiger partial charge in [0.1, 0.15) is 5.67 Å². The molecule has 0 saturated heterocycles. The number of hydrogen-bond donors (Lipinski definition) is 2. The van der Waals surface area contributed by atoms with Crippen molar-refractivity contribution in [1.82, 2.24) is 19.8 Å². The Kier molecular flexibility index (Phi) is 19.7. The van der Waals surface area contributed by atoms with E-state index in [4.69, 9.17) is 23.2 Å². The van der Waals surface area contributed by atoms with Crippen LogP contribution in [-0.4, -0.2) is 65.6 Å². The monoisotopic (exact) mass is 1440 g/mol. The normalized spacial score (nSPS) is 24.7. The summed E-state index contributed by atoms with van der Waals surface area (Å²) in [7, 11) is 8.00. The summed E-state index contributed by atoms with van der Waals surface area (Å²) >= 11 is 12.1. The molecule has 6 heterocycles. The zero-order valence-corrected chi connectivity index (χ0v) is 63.1. The molecule has 105 heavy (non-hydrogen) atoms. The van der Waals surface area contributed by atoms with E-state index in [1.165, 1.54) is 58.6 Å². The molecular weight excluding hydrogens is 1350 g/mol. The lowest BCUT2D eigenvalue weighted by Crippen LogP contribution is -2.59. The second kappa shape index (κ2) is 28.9. The molecule has 4 amide bonds. The number of anilines is 4. The van der Waals surface area contributed by atoms with Gasteiger partial charge in [-0.25, -0.2) is 4.39 Å². The van der Waals surface area contributed by atoms with E-state index < -0.39 is 11.1 Å². The van der Waals surface area contributed by atoms with E-state index in [1.54, 1.807) is 18.2 Å². The summed E-state index contributed by atoms with van der Waals surface area (Å²) in [4.78, 5) is 62.4. The number of para-hydroxylation sites is 4. The van der Waals surface area contributed by atoms with Crippen LogP contribution in [0, 0.1) is 54.3 Å². The Hall–Kier alpha value is -9.17. The molecule has 542 valence electrons. The van der Waals surface area contributed by atoms with Crippen molar-refractivity contribution in [1.29, 1.82) is 0 Å². The van der Waals surface area contributed by atoms with Gasteiger partial charge in [-0.05, 0) is 243 Å². The average molecular weight is 1440 g/mol. The summed E-state index contributed by atoms with van der Waals surface area (Å²) in [6.07, 6.45) is 23.2. The molecule has 8 aliphatic carbocycles. The highest BCUT2D eigenvalue weighted by Crippen LogP contribution is 2.64. The Labute approximate surface area is 628 Å². The van der Waals surface area contributed by atoms with E-state index in [-0.39, 0.29) is 23.1 Å². The second-order valence-corrected chi connectivity index (χ2v) is 32.8. The van der Waals surface area contributed by atoms with Crippen molar-refractivity contribution in [2.45, 2.75) is 135 Å². The topological polar surface area (TPSA) is 115 Å². The van der Waals surface area contributed by atoms with E-state index in [2.05, 4.69) is 126 Å². The Morgan fingerprint density at radius 3 is 1.26 bits per heavy atom. The van der Waals surface area contributed by atoms with E-state index in [1.807, 2.05) is 121 Å². The van der Waals surface area contributed by atoms with Crippen molar-refractivity contribution in [2.75, 3.05) is 46.8 Å². The smallest absolute Gasteiger partial charge is 0.258 e. The molecule has 4 aliphatic heterocycles. The minimum Gasteiger partial charge on any atom is -0.391 e. The van der Waals surface area contributed by atoms with Crippen molar-refractivity contribution in [3.63, 3.8) is 0 Å². The van der Waals surface area contributed by atoms with Crippen LogP contribution < -0.4 is 30.2 Å². The number of rotatable bonds is 8. The molecule has 2 aromatic heterocycles. The van der Waals surface area contributed by atoms with Crippen molar-refractivity contribution < 1.29 is 23.6 Å². The van der Waals surface area contributed by atoms with Crippen LogP contribution in [0.3, 0.4) is 0 Å². The lowest BCUT2D eigenvalue weighted by Gasteiger charge is -2.58. The average Bonchev–Trinajstić information content (AvgIpc) is 1.11. The first-order valence-electron chi connectivity index (χ1n) is 37.8. The molecule has 12 nitrogen and oxygen atoms in total.